The van der Waals surface area contributed by atoms with Crippen LogP contribution < -0.4 is 15.4 Å². The molecule has 0 radical (unpaired) electrons. The van der Waals surface area contributed by atoms with Crippen molar-refractivity contribution in [2.45, 2.75) is 51.5 Å². The van der Waals surface area contributed by atoms with Crippen LogP contribution in [0.15, 0.2) is 47.6 Å². The van der Waals surface area contributed by atoms with E-state index in [9.17, 15) is 14.7 Å². The Morgan fingerprint density at radius 1 is 1.18 bits per heavy atom. The van der Waals surface area contributed by atoms with Gasteiger partial charge in [-0.3, -0.25) is 14.5 Å². The zero-order valence-electron chi connectivity index (χ0n) is 22.6. The average Bonchev–Trinajstić information content (AvgIpc) is 3.49. The van der Waals surface area contributed by atoms with Crippen molar-refractivity contribution >= 4 is 17.6 Å². The highest BCUT2D eigenvalue weighted by Gasteiger charge is 2.22. The number of nitrogens with one attached hydrogen (secondary N) is 2. The monoisotopic (exact) mass is 549 g/mol. The molecule has 3 N–H and O–H groups in total. The molecule has 212 valence electrons. The van der Waals surface area contributed by atoms with Crippen LogP contribution in [0.1, 0.15) is 47.1 Å². The number of rotatable bonds is 10. The zero-order chi connectivity index (χ0) is 27.9. The van der Waals surface area contributed by atoms with E-state index >= 15 is 0 Å². The quantitative estimate of drug-likeness (QED) is 0.341. The number of amides is 2. The van der Waals surface area contributed by atoms with Gasteiger partial charge < -0.3 is 29.8 Å². The summed E-state index contributed by atoms with van der Waals surface area (Å²) < 4.78 is 11.0. The lowest BCUT2D eigenvalue weighted by molar-refractivity contribution is -0.129. The van der Waals surface area contributed by atoms with Crippen LogP contribution in [-0.2, 0) is 24.4 Å². The van der Waals surface area contributed by atoms with Crippen molar-refractivity contribution in [1.29, 1.82) is 0 Å². The molecule has 3 aromatic rings. The lowest BCUT2D eigenvalue weighted by atomic mass is 9.99. The van der Waals surface area contributed by atoms with Crippen LogP contribution in [0.25, 0.3) is 0 Å². The molecule has 2 aliphatic rings. The van der Waals surface area contributed by atoms with Gasteiger partial charge in [0.25, 0.3) is 5.91 Å². The van der Waals surface area contributed by atoms with Crippen LogP contribution in [0.4, 0.5) is 5.82 Å². The smallest absolute Gasteiger partial charge is 0.270 e. The van der Waals surface area contributed by atoms with Crippen molar-refractivity contribution in [2.75, 3.05) is 38.0 Å². The lowest BCUT2D eigenvalue weighted by Gasteiger charge is -2.31. The largest absolute Gasteiger partial charge is 0.486 e. The summed E-state index contributed by atoms with van der Waals surface area (Å²) in [6, 6.07) is 7.84. The van der Waals surface area contributed by atoms with Crippen molar-refractivity contribution in [2.24, 2.45) is 0 Å². The Hall–Kier alpha value is -4.03. The van der Waals surface area contributed by atoms with E-state index in [4.69, 9.17) is 9.15 Å². The van der Waals surface area contributed by atoms with Crippen molar-refractivity contribution in [3.63, 3.8) is 0 Å². The molecular weight excluding hydrogens is 514 g/mol. The van der Waals surface area contributed by atoms with Crippen LogP contribution in [0.3, 0.4) is 0 Å². The number of hydrogen-bond acceptors (Lipinski definition) is 10. The molecule has 1 fully saturated rings. The maximum atomic E-state index is 12.7. The summed E-state index contributed by atoms with van der Waals surface area (Å²) in [5, 5.41) is 16.7. The fourth-order valence-electron chi connectivity index (χ4n) is 5.07. The van der Waals surface area contributed by atoms with Crippen LogP contribution in [0.5, 0.6) is 5.75 Å². The number of carbonyl (C=O) groups excluding carboxylic acids is 2. The average molecular weight is 550 g/mol. The first kappa shape index (κ1) is 27.5. The van der Waals surface area contributed by atoms with Gasteiger partial charge >= 0.3 is 0 Å². The third kappa shape index (κ3) is 7.33. The third-order valence-corrected chi connectivity index (χ3v) is 7.29. The van der Waals surface area contributed by atoms with E-state index < -0.39 is 6.10 Å². The number of anilines is 1. The molecule has 12 nitrogen and oxygen atoms in total. The van der Waals surface area contributed by atoms with Crippen LogP contribution in [-0.4, -0.2) is 86.5 Å². The van der Waals surface area contributed by atoms with E-state index in [-0.39, 0.29) is 30.1 Å². The Bertz CT molecular complexity index is 1290. The van der Waals surface area contributed by atoms with Crippen molar-refractivity contribution in [3.05, 3.63) is 65.8 Å². The summed E-state index contributed by atoms with van der Waals surface area (Å²) >= 11 is 0. The highest BCUT2D eigenvalue weighted by atomic mass is 16.5. The summed E-state index contributed by atoms with van der Waals surface area (Å²) in [6.45, 7) is 5.40. The van der Waals surface area contributed by atoms with Gasteiger partial charge in [-0.2, -0.15) is 0 Å². The molecule has 2 aliphatic heterocycles. The predicted octanol–water partition coefficient (Wildman–Crippen LogP) is 1.62. The maximum Gasteiger partial charge on any atom is 0.270 e. The fraction of sp³-hybridized carbons (Fsp3) is 0.464. The first-order chi connectivity index (χ1) is 19.4. The number of aliphatic hydroxyl groups is 1. The van der Waals surface area contributed by atoms with Crippen molar-refractivity contribution in [1.82, 2.24) is 30.1 Å². The van der Waals surface area contributed by atoms with E-state index in [1.54, 1.807) is 19.2 Å². The number of nitrogens with zero attached hydrogens (tertiary/aromatic N) is 5. The van der Waals surface area contributed by atoms with E-state index in [0.717, 1.165) is 38.1 Å². The summed E-state index contributed by atoms with van der Waals surface area (Å²) in [4.78, 5) is 40.5. The molecule has 0 saturated carbocycles. The topological polar surface area (TPSA) is 146 Å². The molecule has 0 bridgehead atoms. The highest BCUT2D eigenvalue weighted by Crippen LogP contribution is 2.24. The normalized spacial score (nSPS) is 16.7. The molecule has 2 aromatic heterocycles. The van der Waals surface area contributed by atoms with Gasteiger partial charge in [0, 0.05) is 58.3 Å². The number of aliphatic hydroxyl groups excluding tert-OH is 1. The standard InChI is InChI=1S/C28H35N7O5/c1-19(36)35-8-5-22(6-9-35)33-27-11-26(31-17-32-27)28(38)30-12-23(37)15-34-7-4-20-10-24(3-2-21(20)14-34)39-16-25-13-29-18-40-25/h2-3,10-11,13,17-18,22-23,37H,4-9,12,14-16H2,1H3,(H,30,38)(H,31,32,33)/t23-/m0/s1. The molecule has 2 amide bonds. The Labute approximate surface area is 232 Å². The fourth-order valence-corrected chi connectivity index (χ4v) is 5.07. The SMILES string of the molecule is CC(=O)N1CCC(Nc2cc(C(=O)NC[C@H](O)CN3CCc4cc(OCc5cnco5)ccc4C3)ncn2)CC1. The van der Waals surface area contributed by atoms with E-state index in [0.29, 0.717) is 37.8 Å². The van der Waals surface area contributed by atoms with Crippen molar-refractivity contribution < 1.29 is 23.8 Å². The molecule has 1 aromatic carbocycles. The van der Waals surface area contributed by atoms with E-state index in [1.807, 2.05) is 11.0 Å². The minimum absolute atomic E-state index is 0.0894. The second kappa shape index (κ2) is 12.9. The van der Waals surface area contributed by atoms with Crippen LogP contribution >= 0.6 is 0 Å². The summed E-state index contributed by atoms with van der Waals surface area (Å²) in [7, 11) is 0. The summed E-state index contributed by atoms with van der Waals surface area (Å²) in [5.74, 6) is 1.75. The van der Waals surface area contributed by atoms with Gasteiger partial charge in [0.05, 0.1) is 12.3 Å². The van der Waals surface area contributed by atoms with Gasteiger partial charge in [0.1, 0.15) is 30.2 Å². The number of benzene rings is 1. The van der Waals surface area contributed by atoms with Gasteiger partial charge in [-0.15, -0.1) is 0 Å². The number of ether oxygens (including phenoxy) is 1. The maximum absolute atomic E-state index is 12.7. The van der Waals surface area contributed by atoms with E-state index in [2.05, 4.69) is 42.6 Å². The molecule has 4 heterocycles. The van der Waals surface area contributed by atoms with Gasteiger partial charge in [-0.05, 0) is 42.5 Å². The number of carbonyl (C=O) groups is 2. The summed E-state index contributed by atoms with van der Waals surface area (Å²) in [5.41, 5.74) is 2.66. The minimum atomic E-state index is -0.721. The number of β-amino-alcohol motifs (C(OH)–C–C–N with tert-alkyl or cyclic N) is 1. The molecule has 0 unspecified atom stereocenters. The third-order valence-electron chi connectivity index (χ3n) is 7.29. The van der Waals surface area contributed by atoms with Crippen molar-refractivity contribution in [3.8, 4) is 5.75 Å². The second-order valence-corrected chi connectivity index (χ2v) is 10.2. The minimum Gasteiger partial charge on any atom is -0.486 e. The first-order valence-electron chi connectivity index (χ1n) is 13.6. The zero-order valence-corrected chi connectivity index (χ0v) is 22.6. The predicted molar refractivity (Wildman–Crippen MR) is 146 cm³/mol. The highest BCUT2D eigenvalue weighted by molar-refractivity contribution is 5.92. The van der Waals surface area contributed by atoms with Gasteiger partial charge in [-0.25, -0.2) is 15.0 Å². The van der Waals surface area contributed by atoms with Gasteiger partial charge in [-0.1, -0.05) is 6.07 Å². The molecule has 1 atom stereocenters. The lowest BCUT2D eigenvalue weighted by Crippen LogP contribution is -2.42. The number of oxazole rings is 1. The number of piperidine rings is 1. The number of fused-ring (bicyclic) bond motifs is 1. The van der Waals surface area contributed by atoms with Crippen LogP contribution in [0.2, 0.25) is 0 Å². The Balaban J connectivity index is 1.05. The van der Waals surface area contributed by atoms with Gasteiger partial charge in [0.15, 0.2) is 12.2 Å². The van der Waals surface area contributed by atoms with Crippen LogP contribution in [0, 0.1) is 0 Å². The molecular formula is C28H35N7O5. The molecule has 12 heteroatoms. The second-order valence-electron chi connectivity index (χ2n) is 10.2. The van der Waals surface area contributed by atoms with E-state index in [1.165, 1.54) is 23.8 Å². The molecule has 40 heavy (non-hydrogen) atoms. The number of hydrogen-bond donors (Lipinski definition) is 3. The molecule has 0 spiro atoms. The van der Waals surface area contributed by atoms with Gasteiger partial charge in [0.2, 0.25) is 5.91 Å². The number of aromatic nitrogens is 3. The Morgan fingerprint density at radius 3 is 2.80 bits per heavy atom. The Kier molecular flexibility index (Phi) is 8.87. The summed E-state index contributed by atoms with van der Waals surface area (Å²) in [6.07, 6.45) is 6.13. The first-order valence-corrected chi connectivity index (χ1v) is 13.6. The Morgan fingerprint density at radius 2 is 2.02 bits per heavy atom. The number of likely N-dealkylation sites (tertiary alicyclic amines) is 1. The molecule has 1 saturated heterocycles. The molecule has 5 rings (SSSR count). The molecule has 0 aliphatic carbocycles.